The largest absolute Gasteiger partial charge is 0.480 e. The van der Waals surface area contributed by atoms with Gasteiger partial charge in [-0.25, -0.2) is 0 Å². The minimum atomic E-state index is -0.973. The molecule has 13 nitrogen and oxygen atoms in total. The Morgan fingerprint density at radius 3 is 1.62 bits per heavy atom. The zero-order chi connectivity index (χ0) is 44.8. The highest BCUT2D eigenvalue weighted by Crippen LogP contribution is 2.32. The summed E-state index contributed by atoms with van der Waals surface area (Å²) in [6.45, 7) is 6.31. The average molecular weight is 836 g/mol. The molecule has 0 aliphatic carbocycles. The van der Waals surface area contributed by atoms with E-state index in [-0.39, 0.29) is 24.2 Å². The van der Waals surface area contributed by atoms with Crippen LogP contribution in [0.5, 0.6) is 0 Å². The Balaban J connectivity index is 0.000000194. The van der Waals surface area contributed by atoms with Gasteiger partial charge in [-0.05, 0) is 86.5 Å². The van der Waals surface area contributed by atoms with E-state index in [4.69, 9.17) is 5.11 Å². The number of benzene rings is 5. The fourth-order valence-corrected chi connectivity index (χ4v) is 7.67. The lowest BCUT2D eigenvalue weighted by Crippen LogP contribution is -2.14. The van der Waals surface area contributed by atoms with Crippen LogP contribution in [0.15, 0.2) is 133 Å². The fourth-order valence-electron chi connectivity index (χ4n) is 7.67. The highest BCUT2D eigenvalue weighted by Gasteiger charge is 2.17. The molecule has 312 valence electrons. The van der Waals surface area contributed by atoms with Crippen LogP contribution >= 0.6 is 0 Å². The smallest absolute Gasteiger partial charge is 0.323 e. The van der Waals surface area contributed by atoms with Gasteiger partial charge in [-0.15, -0.1) is 0 Å². The van der Waals surface area contributed by atoms with Gasteiger partial charge in [0.15, 0.2) is 0 Å². The number of nitriles is 2. The molecule has 63 heavy (non-hydrogen) atoms. The summed E-state index contributed by atoms with van der Waals surface area (Å²) in [4.78, 5) is 48.0. The lowest BCUT2D eigenvalue weighted by molar-refractivity contribution is -0.138. The molecule has 8 aromatic rings. The van der Waals surface area contributed by atoms with Crippen LogP contribution in [-0.4, -0.2) is 47.7 Å². The van der Waals surface area contributed by atoms with E-state index in [0.717, 1.165) is 61.3 Å². The van der Waals surface area contributed by atoms with E-state index < -0.39 is 23.8 Å². The van der Waals surface area contributed by atoms with Crippen LogP contribution < -0.4 is 10.6 Å². The lowest BCUT2D eigenvalue weighted by Gasteiger charge is -2.08. The molecule has 3 aromatic heterocycles. The van der Waals surface area contributed by atoms with Crippen molar-refractivity contribution in [3.63, 3.8) is 0 Å². The molecule has 4 N–H and O–H groups in total. The normalized spacial score (nSPS) is 11.5. The predicted molar refractivity (Wildman–Crippen MR) is 245 cm³/mol. The third-order valence-electron chi connectivity index (χ3n) is 10.6. The van der Waals surface area contributed by atoms with E-state index >= 15 is 0 Å². The van der Waals surface area contributed by atoms with Crippen molar-refractivity contribution in [3.05, 3.63) is 155 Å². The Bertz CT molecular complexity index is 3280. The summed E-state index contributed by atoms with van der Waals surface area (Å²) in [6.07, 6.45) is 6.27. The number of carboxylic acids is 2. The lowest BCUT2D eigenvalue weighted by atomic mass is 10.1. The number of nitrogens with zero attached hydrogens (tertiary/aromatic N) is 5. The second-order valence-corrected chi connectivity index (χ2v) is 14.8. The summed E-state index contributed by atoms with van der Waals surface area (Å²) in [5.74, 6) is -2.98. The number of aliphatic carboxylic acids is 2. The Morgan fingerprint density at radius 2 is 1.10 bits per heavy atom. The highest BCUT2D eigenvalue weighted by atomic mass is 16.4. The quantitative estimate of drug-likeness (QED) is 0.0731. The molecule has 0 bridgehead atoms. The van der Waals surface area contributed by atoms with Crippen LogP contribution in [0.2, 0.25) is 0 Å². The average Bonchev–Trinajstić information content (AvgIpc) is 3.91. The standard InChI is InChI=1S/C28H22N4O3.C22H19N3O3/c1-2-32-25-10-6-4-8-22(25)23-14-20(11-12-26(23)32)30-28(35)18(15-29)13-19-16-31(17-27(33)34)24-9-5-3-7-21(19)24;1-14-7-8-15(2)19(9-14)24-22(28)16(11-23)10-17-12-25(13-21(26)27)20-6-4-3-5-18(17)20/h3-14,16H,2,17H2,1H3,(H,30,35)(H,33,34);3-10,12H,13H2,1-2H3,(H,24,28)(H,26,27)/b18-13+;16-10+. The van der Waals surface area contributed by atoms with Crippen LogP contribution in [0.25, 0.3) is 55.8 Å². The first-order chi connectivity index (χ1) is 30.4. The summed E-state index contributed by atoms with van der Waals surface area (Å²) in [7, 11) is 0. The molecule has 0 radical (unpaired) electrons. The van der Waals surface area contributed by atoms with Gasteiger partial charge >= 0.3 is 11.9 Å². The van der Waals surface area contributed by atoms with Gasteiger partial charge in [-0.1, -0.05) is 66.7 Å². The van der Waals surface area contributed by atoms with Gasteiger partial charge in [0, 0.05) is 85.1 Å². The number of rotatable bonds is 11. The van der Waals surface area contributed by atoms with Crippen molar-refractivity contribution >= 4 is 90.9 Å². The zero-order valence-electron chi connectivity index (χ0n) is 34.6. The number of fused-ring (bicyclic) bond motifs is 5. The monoisotopic (exact) mass is 835 g/mol. The van der Waals surface area contributed by atoms with Gasteiger partial charge in [0.25, 0.3) is 11.8 Å². The van der Waals surface area contributed by atoms with Crippen molar-refractivity contribution in [2.45, 2.75) is 40.4 Å². The summed E-state index contributed by atoms with van der Waals surface area (Å²) in [6, 6.07) is 38.1. The summed E-state index contributed by atoms with van der Waals surface area (Å²) < 4.78 is 5.40. The molecular formula is C50H41N7O6. The molecular weight excluding hydrogens is 795 g/mol. The Kier molecular flexibility index (Phi) is 12.3. The second-order valence-electron chi connectivity index (χ2n) is 14.8. The van der Waals surface area contributed by atoms with E-state index in [0.29, 0.717) is 22.5 Å². The number of anilines is 2. The predicted octanol–water partition coefficient (Wildman–Crippen LogP) is 9.29. The first kappa shape index (κ1) is 42.4. The number of carboxylic acid groups (broad SMARTS) is 2. The summed E-state index contributed by atoms with van der Waals surface area (Å²) >= 11 is 0. The van der Waals surface area contributed by atoms with Crippen molar-refractivity contribution in [1.82, 2.24) is 13.7 Å². The topological polar surface area (TPSA) is 195 Å². The van der Waals surface area contributed by atoms with Crippen LogP contribution in [-0.2, 0) is 38.8 Å². The number of hydrogen-bond acceptors (Lipinski definition) is 6. The minimum Gasteiger partial charge on any atom is -0.480 e. The van der Waals surface area contributed by atoms with Gasteiger partial charge in [0.05, 0.1) is 0 Å². The Morgan fingerprint density at radius 1 is 0.603 bits per heavy atom. The molecule has 13 heteroatoms. The van der Waals surface area contributed by atoms with Crippen molar-refractivity contribution in [2.75, 3.05) is 10.6 Å². The molecule has 5 aromatic carbocycles. The number of nitrogens with one attached hydrogen (secondary N) is 2. The first-order valence-corrected chi connectivity index (χ1v) is 19.9. The zero-order valence-corrected chi connectivity index (χ0v) is 34.6. The maximum Gasteiger partial charge on any atom is 0.323 e. The van der Waals surface area contributed by atoms with Crippen molar-refractivity contribution in [2.24, 2.45) is 0 Å². The summed E-state index contributed by atoms with van der Waals surface area (Å²) in [5, 5.41) is 46.9. The molecule has 0 fully saturated rings. The molecule has 0 saturated heterocycles. The van der Waals surface area contributed by atoms with Gasteiger partial charge in [-0.2, -0.15) is 10.5 Å². The third-order valence-corrected chi connectivity index (χ3v) is 10.6. The molecule has 0 atom stereocenters. The number of para-hydroxylation sites is 3. The van der Waals surface area contributed by atoms with Gasteiger partial charge in [-0.3, -0.25) is 19.2 Å². The van der Waals surface area contributed by atoms with Crippen molar-refractivity contribution < 1.29 is 29.4 Å². The van der Waals surface area contributed by atoms with Crippen LogP contribution in [0.1, 0.15) is 29.2 Å². The Labute approximate surface area is 361 Å². The Hall–Kier alpha value is -8.68. The van der Waals surface area contributed by atoms with Crippen molar-refractivity contribution in [1.29, 1.82) is 10.5 Å². The van der Waals surface area contributed by atoms with Crippen molar-refractivity contribution in [3.8, 4) is 12.1 Å². The molecule has 0 spiro atoms. The van der Waals surface area contributed by atoms with E-state index in [2.05, 4.69) is 34.3 Å². The summed E-state index contributed by atoms with van der Waals surface area (Å²) in [5.41, 5.74) is 7.89. The van der Waals surface area contributed by atoms with E-state index in [9.17, 15) is 34.8 Å². The number of amides is 2. The van der Waals surface area contributed by atoms with Crippen LogP contribution in [0.3, 0.4) is 0 Å². The first-order valence-electron chi connectivity index (χ1n) is 19.9. The van der Waals surface area contributed by atoms with E-state index in [1.807, 2.05) is 117 Å². The maximum absolute atomic E-state index is 13.0. The highest BCUT2D eigenvalue weighted by molar-refractivity contribution is 6.14. The number of carbonyl (C=O) groups excluding carboxylic acids is 2. The van der Waals surface area contributed by atoms with E-state index in [1.165, 1.54) is 12.2 Å². The molecule has 0 aliphatic heterocycles. The molecule has 0 aliphatic rings. The SMILES string of the molecule is CCn1c2ccccc2c2cc(NC(=O)/C(C#N)=C/c3cn(CC(=O)O)c4ccccc34)ccc21.Cc1ccc(C)c(NC(=O)/C(C#N)=C/c2cn(CC(=O)O)c3ccccc23)c1. The number of aryl methyl sites for hydroxylation is 3. The van der Waals surface area contributed by atoms with E-state index in [1.54, 1.807) is 27.6 Å². The molecule has 3 heterocycles. The number of aromatic nitrogens is 3. The van der Waals surface area contributed by atoms with Gasteiger partial charge < -0.3 is 34.5 Å². The third kappa shape index (κ3) is 9.09. The van der Waals surface area contributed by atoms with Crippen LogP contribution in [0, 0.1) is 36.5 Å². The number of hydrogen-bond donors (Lipinski definition) is 4. The number of carbonyl (C=O) groups is 4. The minimum absolute atomic E-state index is 0.0564. The molecule has 0 unspecified atom stereocenters. The molecule has 0 saturated carbocycles. The van der Waals surface area contributed by atoms with Crippen LogP contribution in [0.4, 0.5) is 11.4 Å². The maximum atomic E-state index is 13.0. The molecule has 2 amide bonds. The second kappa shape index (κ2) is 18.3. The van der Waals surface area contributed by atoms with Gasteiger partial charge in [0.1, 0.15) is 36.4 Å². The molecule has 8 rings (SSSR count). The van der Waals surface area contributed by atoms with Gasteiger partial charge in [0.2, 0.25) is 0 Å². The fraction of sp³-hybridized carbons (Fsp3) is 0.120.